The lowest BCUT2D eigenvalue weighted by Crippen LogP contribution is -2.04. The Morgan fingerprint density at radius 2 is 1.94 bits per heavy atom. The van der Waals surface area contributed by atoms with Crippen LogP contribution in [0.1, 0.15) is 24.2 Å². The van der Waals surface area contributed by atoms with Gasteiger partial charge in [-0.25, -0.2) is 0 Å². The Bertz CT molecular complexity index is 525. The molecule has 0 aliphatic carbocycles. The van der Waals surface area contributed by atoms with Gasteiger partial charge in [0.15, 0.2) is 0 Å². The van der Waals surface area contributed by atoms with Crippen molar-refractivity contribution in [2.45, 2.75) is 19.6 Å². The zero-order valence-electron chi connectivity index (χ0n) is 10.2. The predicted molar refractivity (Wildman–Crippen MR) is 78.5 cm³/mol. The second kappa shape index (κ2) is 6.03. The standard InChI is InChI=1S/C15H16BrNO/c1-11(18)14-7-2-3-8-15(14)17-10-12-5-4-6-13(16)9-12/h2-9,11,17-18H,10H2,1H3. The predicted octanol–water partition coefficient (Wildman–Crippen LogP) is 4.11. The summed E-state index contributed by atoms with van der Waals surface area (Å²) in [5.74, 6) is 0. The van der Waals surface area contributed by atoms with Gasteiger partial charge in [-0.15, -0.1) is 0 Å². The molecule has 0 saturated carbocycles. The lowest BCUT2D eigenvalue weighted by Gasteiger charge is -2.14. The number of halogens is 1. The van der Waals surface area contributed by atoms with Crippen LogP contribution in [-0.2, 0) is 6.54 Å². The van der Waals surface area contributed by atoms with E-state index in [1.165, 1.54) is 5.56 Å². The van der Waals surface area contributed by atoms with Gasteiger partial charge in [-0.3, -0.25) is 0 Å². The summed E-state index contributed by atoms with van der Waals surface area (Å²) in [6.45, 7) is 2.52. The summed E-state index contributed by atoms with van der Waals surface area (Å²) < 4.78 is 1.07. The van der Waals surface area contributed by atoms with Crippen LogP contribution < -0.4 is 5.32 Å². The van der Waals surface area contributed by atoms with Crippen molar-refractivity contribution in [2.24, 2.45) is 0 Å². The maximum absolute atomic E-state index is 9.70. The minimum absolute atomic E-state index is 0.462. The number of nitrogens with one attached hydrogen (secondary N) is 1. The first kappa shape index (κ1) is 13.1. The van der Waals surface area contributed by atoms with Crippen LogP contribution >= 0.6 is 15.9 Å². The van der Waals surface area contributed by atoms with Crippen molar-refractivity contribution >= 4 is 21.6 Å². The van der Waals surface area contributed by atoms with E-state index in [0.717, 1.165) is 22.3 Å². The Kier molecular flexibility index (Phi) is 4.39. The fourth-order valence-corrected chi connectivity index (χ4v) is 2.31. The van der Waals surface area contributed by atoms with Gasteiger partial charge in [0, 0.05) is 22.3 Å². The first-order valence-electron chi connectivity index (χ1n) is 5.92. The average molecular weight is 306 g/mol. The highest BCUT2D eigenvalue weighted by Crippen LogP contribution is 2.23. The summed E-state index contributed by atoms with van der Waals surface area (Å²) in [5.41, 5.74) is 3.10. The molecule has 2 rings (SSSR count). The Labute approximate surface area is 116 Å². The van der Waals surface area contributed by atoms with Gasteiger partial charge in [-0.2, -0.15) is 0 Å². The van der Waals surface area contributed by atoms with Crippen LogP contribution in [0.15, 0.2) is 53.0 Å². The molecule has 0 aliphatic heterocycles. The average Bonchev–Trinajstić information content (AvgIpc) is 2.37. The number of aliphatic hydroxyl groups excluding tert-OH is 1. The zero-order chi connectivity index (χ0) is 13.0. The lowest BCUT2D eigenvalue weighted by atomic mass is 10.1. The van der Waals surface area contributed by atoms with Crippen molar-refractivity contribution in [3.05, 3.63) is 64.1 Å². The number of hydrogen-bond donors (Lipinski definition) is 2. The molecule has 0 amide bonds. The summed E-state index contributed by atoms with van der Waals surface area (Å²) in [6.07, 6.45) is -0.462. The van der Waals surface area contributed by atoms with Crippen LogP contribution in [0.2, 0.25) is 0 Å². The molecule has 0 aromatic heterocycles. The second-order valence-electron chi connectivity index (χ2n) is 4.25. The van der Waals surface area contributed by atoms with Crippen molar-refractivity contribution in [1.82, 2.24) is 0 Å². The van der Waals surface area contributed by atoms with Gasteiger partial charge in [-0.05, 0) is 30.7 Å². The molecular weight excluding hydrogens is 290 g/mol. The van der Waals surface area contributed by atoms with Crippen molar-refractivity contribution in [2.75, 3.05) is 5.32 Å². The van der Waals surface area contributed by atoms with Crippen molar-refractivity contribution < 1.29 is 5.11 Å². The fourth-order valence-electron chi connectivity index (χ4n) is 1.87. The van der Waals surface area contributed by atoms with Crippen molar-refractivity contribution in [3.8, 4) is 0 Å². The third kappa shape index (κ3) is 3.34. The first-order chi connectivity index (χ1) is 8.66. The molecule has 0 fully saturated rings. The van der Waals surface area contributed by atoms with Gasteiger partial charge in [0.1, 0.15) is 0 Å². The maximum Gasteiger partial charge on any atom is 0.0781 e. The molecule has 0 saturated heterocycles. The monoisotopic (exact) mass is 305 g/mol. The molecule has 0 radical (unpaired) electrons. The third-order valence-electron chi connectivity index (χ3n) is 2.78. The van der Waals surface area contributed by atoms with Crippen LogP contribution in [0.4, 0.5) is 5.69 Å². The van der Waals surface area contributed by atoms with Gasteiger partial charge in [0.05, 0.1) is 6.10 Å². The Hall–Kier alpha value is -1.32. The first-order valence-corrected chi connectivity index (χ1v) is 6.71. The minimum atomic E-state index is -0.462. The van der Waals surface area contributed by atoms with E-state index < -0.39 is 6.10 Å². The Balaban J connectivity index is 2.11. The number of hydrogen-bond acceptors (Lipinski definition) is 2. The van der Waals surface area contributed by atoms with E-state index in [1.54, 1.807) is 6.92 Å². The fraction of sp³-hybridized carbons (Fsp3) is 0.200. The summed E-state index contributed by atoms with van der Waals surface area (Å²) in [7, 11) is 0. The number of rotatable bonds is 4. The van der Waals surface area contributed by atoms with Gasteiger partial charge in [0.2, 0.25) is 0 Å². The molecule has 94 valence electrons. The molecule has 18 heavy (non-hydrogen) atoms. The molecule has 0 aliphatic rings. The van der Waals surface area contributed by atoms with E-state index in [0.29, 0.717) is 0 Å². The maximum atomic E-state index is 9.70. The number of benzene rings is 2. The molecule has 1 unspecified atom stereocenters. The smallest absolute Gasteiger partial charge is 0.0781 e. The van der Waals surface area contributed by atoms with Gasteiger partial charge >= 0.3 is 0 Å². The van der Waals surface area contributed by atoms with Crippen molar-refractivity contribution in [1.29, 1.82) is 0 Å². The lowest BCUT2D eigenvalue weighted by molar-refractivity contribution is 0.200. The molecule has 2 aromatic carbocycles. The summed E-state index contributed by atoms with van der Waals surface area (Å²) in [6, 6.07) is 16.0. The summed E-state index contributed by atoms with van der Waals surface area (Å²) in [4.78, 5) is 0. The highest BCUT2D eigenvalue weighted by Gasteiger charge is 2.06. The number of para-hydroxylation sites is 1. The highest BCUT2D eigenvalue weighted by atomic mass is 79.9. The largest absolute Gasteiger partial charge is 0.389 e. The normalized spacial score (nSPS) is 12.2. The third-order valence-corrected chi connectivity index (χ3v) is 3.28. The quantitative estimate of drug-likeness (QED) is 0.891. The van der Waals surface area contributed by atoms with E-state index in [2.05, 4.69) is 33.4 Å². The molecule has 0 heterocycles. The van der Waals surface area contributed by atoms with Crippen LogP contribution in [0.3, 0.4) is 0 Å². The molecule has 0 bridgehead atoms. The highest BCUT2D eigenvalue weighted by molar-refractivity contribution is 9.10. The van der Waals surface area contributed by atoms with Crippen LogP contribution in [-0.4, -0.2) is 5.11 Å². The Morgan fingerprint density at radius 3 is 2.67 bits per heavy atom. The van der Waals surface area contributed by atoms with E-state index in [1.807, 2.05) is 36.4 Å². The van der Waals surface area contributed by atoms with Crippen LogP contribution in [0, 0.1) is 0 Å². The molecule has 2 aromatic rings. The molecule has 1 atom stereocenters. The van der Waals surface area contributed by atoms with E-state index >= 15 is 0 Å². The zero-order valence-corrected chi connectivity index (χ0v) is 11.8. The number of aliphatic hydroxyl groups is 1. The van der Waals surface area contributed by atoms with Crippen LogP contribution in [0.25, 0.3) is 0 Å². The molecule has 0 spiro atoms. The topological polar surface area (TPSA) is 32.3 Å². The summed E-state index contributed by atoms with van der Waals surface area (Å²) >= 11 is 3.46. The van der Waals surface area contributed by atoms with Crippen LogP contribution in [0.5, 0.6) is 0 Å². The molecule has 2 nitrogen and oxygen atoms in total. The molecular formula is C15H16BrNO. The Morgan fingerprint density at radius 1 is 1.17 bits per heavy atom. The SMILES string of the molecule is CC(O)c1ccccc1NCc1cccc(Br)c1. The van der Waals surface area contributed by atoms with E-state index in [4.69, 9.17) is 0 Å². The van der Waals surface area contributed by atoms with E-state index in [-0.39, 0.29) is 0 Å². The molecule has 2 N–H and O–H groups in total. The van der Waals surface area contributed by atoms with Gasteiger partial charge < -0.3 is 10.4 Å². The van der Waals surface area contributed by atoms with Gasteiger partial charge in [-0.1, -0.05) is 46.3 Å². The summed E-state index contributed by atoms with van der Waals surface area (Å²) in [5, 5.41) is 13.1. The minimum Gasteiger partial charge on any atom is -0.389 e. The number of anilines is 1. The van der Waals surface area contributed by atoms with Gasteiger partial charge in [0.25, 0.3) is 0 Å². The van der Waals surface area contributed by atoms with Crippen molar-refractivity contribution in [3.63, 3.8) is 0 Å². The second-order valence-corrected chi connectivity index (χ2v) is 5.16. The van der Waals surface area contributed by atoms with E-state index in [9.17, 15) is 5.11 Å². The molecule has 3 heteroatoms.